The molecule has 1 aliphatic rings. The minimum atomic E-state index is -1.33. The molecule has 15 heavy (non-hydrogen) atoms. The molecule has 0 fully saturated rings. The molecule has 0 unspecified atom stereocenters. The molecule has 0 aromatic heterocycles. The minimum Gasteiger partial charge on any atom is -0.546 e. The van der Waals surface area contributed by atoms with Crippen molar-refractivity contribution in [2.45, 2.75) is 18.9 Å². The number of carbonyl (C=O) groups is 1. The number of carboxylic acids is 1. The van der Waals surface area contributed by atoms with Gasteiger partial charge in [0.2, 0.25) is 0 Å². The molecule has 1 aromatic carbocycles. The van der Waals surface area contributed by atoms with E-state index in [-0.39, 0.29) is 6.42 Å². The van der Waals surface area contributed by atoms with E-state index < -0.39 is 11.6 Å². The third-order valence-electron chi connectivity index (χ3n) is 2.40. The van der Waals surface area contributed by atoms with E-state index in [2.05, 4.69) is 5.16 Å². The summed E-state index contributed by atoms with van der Waals surface area (Å²) in [6, 6.07) is 9.35. The minimum absolute atomic E-state index is 0.235. The highest BCUT2D eigenvalue weighted by atomic mass is 16.7. The van der Waals surface area contributed by atoms with Gasteiger partial charge in [0.1, 0.15) is 0 Å². The predicted molar refractivity (Wildman–Crippen MR) is 52.1 cm³/mol. The third-order valence-corrected chi connectivity index (χ3v) is 2.40. The topological polar surface area (TPSA) is 61.7 Å². The lowest BCUT2D eigenvalue weighted by Crippen LogP contribution is -2.46. The molecule has 78 valence electrons. The number of benzene rings is 1. The molecule has 0 amide bonds. The van der Waals surface area contributed by atoms with Gasteiger partial charge in [0, 0.05) is 6.42 Å². The Bertz CT molecular complexity index is 413. The SMILES string of the molecule is C[C@]1(C(=O)[O-])CC(c2ccccc2)=NO1. The fourth-order valence-corrected chi connectivity index (χ4v) is 1.43. The smallest absolute Gasteiger partial charge is 0.179 e. The summed E-state index contributed by atoms with van der Waals surface area (Å²) in [4.78, 5) is 15.7. The van der Waals surface area contributed by atoms with Crippen LogP contribution in [0.1, 0.15) is 18.9 Å². The molecule has 0 spiro atoms. The van der Waals surface area contributed by atoms with Crippen LogP contribution in [-0.4, -0.2) is 17.3 Å². The molecule has 1 atom stereocenters. The van der Waals surface area contributed by atoms with Gasteiger partial charge in [0.05, 0.1) is 11.7 Å². The summed E-state index contributed by atoms with van der Waals surface area (Å²) in [7, 11) is 0. The van der Waals surface area contributed by atoms with E-state index >= 15 is 0 Å². The summed E-state index contributed by atoms with van der Waals surface area (Å²) in [6.07, 6.45) is 0.235. The van der Waals surface area contributed by atoms with Crippen molar-refractivity contribution in [3.63, 3.8) is 0 Å². The van der Waals surface area contributed by atoms with E-state index in [4.69, 9.17) is 4.84 Å². The Morgan fingerprint density at radius 3 is 2.67 bits per heavy atom. The van der Waals surface area contributed by atoms with Gasteiger partial charge in [-0.05, 0) is 12.5 Å². The lowest BCUT2D eigenvalue weighted by molar-refractivity contribution is -0.324. The number of hydrogen-bond acceptors (Lipinski definition) is 4. The second-order valence-corrected chi connectivity index (χ2v) is 3.69. The van der Waals surface area contributed by atoms with E-state index in [1.165, 1.54) is 6.92 Å². The fourth-order valence-electron chi connectivity index (χ4n) is 1.43. The normalized spacial score (nSPS) is 24.5. The van der Waals surface area contributed by atoms with Crippen molar-refractivity contribution < 1.29 is 14.7 Å². The van der Waals surface area contributed by atoms with Crippen LogP contribution in [0.15, 0.2) is 35.5 Å². The number of oxime groups is 1. The standard InChI is InChI=1S/C11H11NO3/c1-11(10(13)14)7-9(12-15-11)8-5-3-2-4-6-8/h2-6H,7H2,1H3,(H,13,14)/p-1/t11-/m1/s1. The Kier molecular flexibility index (Phi) is 2.19. The van der Waals surface area contributed by atoms with Crippen molar-refractivity contribution >= 4 is 11.7 Å². The quantitative estimate of drug-likeness (QED) is 0.697. The molecule has 1 heterocycles. The molecule has 0 saturated carbocycles. The molecule has 4 heteroatoms. The van der Waals surface area contributed by atoms with Crippen LogP contribution in [0.4, 0.5) is 0 Å². The summed E-state index contributed by atoms with van der Waals surface area (Å²) in [6.45, 7) is 1.46. The molecule has 0 aliphatic carbocycles. The van der Waals surface area contributed by atoms with Crippen LogP contribution in [0.25, 0.3) is 0 Å². The largest absolute Gasteiger partial charge is 0.546 e. The second kappa shape index (κ2) is 3.38. The van der Waals surface area contributed by atoms with Crippen molar-refractivity contribution in [1.82, 2.24) is 0 Å². The van der Waals surface area contributed by atoms with Crippen LogP contribution in [0, 0.1) is 0 Å². The van der Waals surface area contributed by atoms with Crippen LogP contribution in [0.3, 0.4) is 0 Å². The first kappa shape index (κ1) is 9.71. The van der Waals surface area contributed by atoms with Crippen molar-refractivity contribution in [3.8, 4) is 0 Å². The Morgan fingerprint density at radius 2 is 2.13 bits per heavy atom. The van der Waals surface area contributed by atoms with E-state index in [1.807, 2.05) is 30.3 Å². The summed E-state index contributed by atoms with van der Waals surface area (Å²) in [5.41, 5.74) is 0.190. The number of carboxylic acid groups (broad SMARTS) is 1. The van der Waals surface area contributed by atoms with Gasteiger partial charge in [-0.2, -0.15) is 0 Å². The summed E-state index contributed by atoms with van der Waals surface area (Å²) < 4.78 is 0. The first-order valence-corrected chi connectivity index (χ1v) is 4.64. The highest BCUT2D eigenvalue weighted by molar-refractivity contribution is 6.04. The summed E-state index contributed by atoms with van der Waals surface area (Å²) in [5.74, 6) is -1.24. The molecule has 0 bridgehead atoms. The van der Waals surface area contributed by atoms with Crippen molar-refractivity contribution in [3.05, 3.63) is 35.9 Å². The zero-order valence-corrected chi connectivity index (χ0v) is 8.27. The Labute approximate surface area is 87.2 Å². The monoisotopic (exact) mass is 204 g/mol. The van der Waals surface area contributed by atoms with E-state index in [9.17, 15) is 9.90 Å². The Balaban J connectivity index is 2.21. The summed E-state index contributed by atoms with van der Waals surface area (Å²) in [5, 5.41) is 14.6. The molecular formula is C11H10NO3-. The zero-order valence-electron chi connectivity index (χ0n) is 8.27. The van der Waals surface area contributed by atoms with E-state index in [0.717, 1.165) is 5.56 Å². The average Bonchev–Trinajstić information content (AvgIpc) is 2.64. The highest BCUT2D eigenvalue weighted by Gasteiger charge is 2.36. The third kappa shape index (κ3) is 1.70. The first-order chi connectivity index (χ1) is 7.12. The molecular weight excluding hydrogens is 194 g/mol. The van der Waals surface area contributed by atoms with Crippen LogP contribution in [-0.2, 0) is 9.63 Å². The second-order valence-electron chi connectivity index (χ2n) is 3.69. The van der Waals surface area contributed by atoms with Crippen LogP contribution in [0.2, 0.25) is 0 Å². The van der Waals surface area contributed by atoms with Gasteiger partial charge >= 0.3 is 0 Å². The van der Waals surface area contributed by atoms with E-state index in [0.29, 0.717) is 5.71 Å². The lowest BCUT2D eigenvalue weighted by atomic mass is 9.96. The maximum Gasteiger partial charge on any atom is 0.179 e. The van der Waals surface area contributed by atoms with Crippen molar-refractivity contribution in [2.75, 3.05) is 0 Å². The average molecular weight is 204 g/mol. The Hall–Kier alpha value is -1.84. The Morgan fingerprint density at radius 1 is 1.47 bits per heavy atom. The van der Waals surface area contributed by atoms with Gasteiger partial charge in [-0.25, -0.2) is 0 Å². The number of rotatable bonds is 2. The lowest BCUT2D eigenvalue weighted by Gasteiger charge is -2.21. The van der Waals surface area contributed by atoms with Crippen LogP contribution in [0.5, 0.6) is 0 Å². The van der Waals surface area contributed by atoms with Gasteiger partial charge in [-0.1, -0.05) is 35.5 Å². The molecule has 1 aliphatic heterocycles. The van der Waals surface area contributed by atoms with Gasteiger partial charge in [-0.15, -0.1) is 0 Å². The van der Waals surface area contributed by atoms with Crippen LogP contribution >= 0.6 is 0 Å². The zero-order chi connectivity index (χ0) is 10.9. The maximum absolute atomic E-state index is 10.8. The number of nitrogens with zero attached hydrogens (tertiary/aromatic N) is 1. The van der Waals surface area contributed by atoms with Crippen molar-refractivity contribution in [1.29, 1.82) is 0 Å². The maximum atomic E-state index is 10.8. The van der Waals surface area contributed by atoms with Gasteiger partial charge in [-0.3, -0.25) is 0 Å². The first-order valence-electron chi connectivity index (χ1n) is 4.64. The highest BCUT2D eigenvalue weighted by Crippen LogP contribution is 2.25. The van der Waals surface area contributed by atoms with E-state index in [1.54, 1.807) is 0 Å². The van der Waals surface area contributed by atoms with Gasteiger partial charge < -0.3 is 14.7 Å². The molecule has 0 saturated heterocycles. The number of aliphatic carboxylic acids is 1. The number of hydrogen-bond donors (Lipinski definition) is 0. The molecule has 0 N–H and O–H groups in total. The van der Waals surface area contributed by atoms with Gasteiger partial charge in [0.25, 0.3) is 0 Å². The predicted octanol–water partition coefficient (Wildman–Crippen LogP) is 0.320. The van der Waals surface area contributed by atoms with Crippen LogP contribution < -0.4 is 5.11 Å². The van der Waals surface area contributed by atoms with Gasteiger partial charge in [0.15, 0.2) is 5.60 Å². The molecule has 1 aromatic rings. The van der Waals surface area contributed by atoms with Crippen molar-refractivity contribution in [2.24, 2.45) is 5.16 Å². The fraction of sp³-hybridized carbons (Fsp3) is 0.273. The molecule has 4 nitrogen and oxygen atoms in total. The summed E-state index contributed by atoms with van der Waals surface area (Å²) >= 11 is 0. The molecule has 2 rings (SSSR count). The number of carbonyl (C=O) groups excluding carboxylic acids is 1. The molecule has 0 radical (unpaired) electrons.